The number of hydrogen-bond donors (Lipinski definition) is 3. The normalized spacial score (nSPS) is 10.3. The van der Waals surface area contributed by atoms with Crippen LogP contribution >= 0.6 is 0 Å². The lowest BCUT2D eigenvalue weighted by Gasteiger charge is -2.07. The number of hydrogen-bond acceptors (Lipinski definition) is 4. The fourth-order valence-electron chi connectivity index (χ4n) is 1.87. The predicted octanol–water partition coefficient (Wildman–Crippen LogP) is 0.538. The zero-order chi connectivity index (χ0) is 15.2. The van der Waals surface area contributed by atoms with E-state index >= 15 is 0 Å². The number of carbonyl (C=O) groups excluding carboxylic acids is 1. The van der Waals surface area contributed by atoms with Crippen molar-refractivity contribution in [2.75, 3.05) is 11.1 Å². The predicted molar refractivity (Wildman–Crippen MR) is 80.0 cm³/mol. The van der Waals surface area contributed by atoms with Crippen molar-refractivity contribution in [1.82, 2.24) is 9.78 Å². The molecule has 4 N–H and O–H groups in total. The number of nitrogens with zero attached hydrogens (tertiary/aromatic N) is 1. The van der Waals surface area contributed by atoms with Crippen LogP contribution < -0.4 is 22.2 Å². The van der Waals surface area contributed by atoms with Crippen LogP contribution in [-0.4, -0.2) is 15.7 Å². The standard InChI is InChI=1S/C14H16N4O3/c15-10-3-1-4-11(9-10)16-12(19)5-2-8-18-14(21)7-6-13(20)17-18/h1,3-4,6-7,9H,2,5,8,15H2,(H,16,19)(H,17,20). The Morgan fingerprint density at radius 2 is 2.05 bits per heavy atom. The quantitative estimate of drug-likeness (QED) is 0.697. The Bertz CT molecular complexity index is 748. The van der Waals surface area contributed by atoms with Crippen molar-refractivity contribution in [2.24, 2.45) is 0 Å². The molecule has 1 amide bonds. The van der Waals surface area contributed by atoms with Crippen LogP contribution in [-0.2, 0) is 11.3 Å². The van der Waals surface area contributed by atoms with Gasteiger partial charge >= 0.3 is 0 Å². The van der Waals surface area contributed by atoms with E-state index in [2.05, 4.69) is 10.4 Å². The van der Waals surface area contributed by atoms with E-state index in [4.69, 9.17) is 5.73 Å². The number of nitrogens with two attached hydrogens (primary N) is 1. The van der Waals surface area contributed by atoms with E-state index in [0.29, 0.717) is 17.8 Å². The molecule has 0 atom stereocenters. The highest BCUT2D eigenvalue weighted by atomic mass is 16.2. The van der Waals surface area contributed by atoms with Crippen LogP contribution in [0, 0.1) is 0 Å². The van der Waals surface area contributed by atoms with Gasteiger partial charge in [-0.05, 0) is 24.6 Å². The smallest absolute Gasteiger partial charge is 0.265 e. The molecule has 0 bridgehead atoms. The fourth-order valence-corrected chi connectivity index (χ4v) is 1.87. The summed E-state index contributed by atoms with van der Waals surface area (Å²) in [5.41, 5.74) is 6.17. The lowest BCUT2D eigenvalue weighted by molar-refractivity contribution is -0.116. The average Bonchev–Trinajstić information content (AvgIpc) is 2.42. The van der Waals surface area contributed by atoms with Crippen molar-refractivity contribution < 1.29 is 4.79 Å². The van der Waals surface area contributed by atoms with Crippen LogP contribution in [0.25, 0.3) is 0 Å². The Hall–Kier alpha value is -2.83. The minimum Gasteiger partial charge on any atom is -0.399 e. The fraction of sp³-hybridized carbons (Fsp3) is 0.214. The van der Waals surface area contributed by atoms with E-state index in [1.54, 1.807) is 24.3 Å². The number of nitrogens with one attached hydrogen (secondary N) is 2. The molecule has 0 aliphatic carbocycles. The summed E-state index contributed by atoms with van der Waals surface area (Å²) in [6, 6.07) is 9.26. The molecule has 2 aromatic rings. The van der Waals surface area contributed by atoms with Crippen molar-refractivity contribution in [1.29, 1.82) is 0 Å². The Balaban J connectivity index is 1.86. The van der Waals surface area contributed by atoms with E-state index in [9.17, 15) is 14.4 Å². The number of rotatable bonds is 5. The van der Waals surface area contributed by atoms with Crippen molar-refractivity contribution in [3.8, 4) is 0 Å². The van der Waals surface area contributed by atoms with Gasteiger partial charge in [0.25, 0.3) is 11.1 Å². The molecule has 0 aliphatic heterocycles. The Kier molecular flexibility index (Phi) is 4.55. The highest BCUT2D eigenvalue weighted by Gasteiger charge is 2.04. The van der Waals surface area contributed by atoms with E-state index in [-0.39, 0.29) is 30.0 Å². The van der Waals surface area contributed by atoms with Crippen LogP contribution in [0.2, 0.25) is 0 Å². The molecule has 0 fully saturated rings. The third-order valence-electron chi connectivity index (χ3n) is 2.84. The molecule has 0 aliphatic rings. The maximum atomic E-state index is 11.8. The number of aromatic nitrogens is 2. The number of amides is 1. The molecule has 0 spiro atoms. The third kappa shape index (κ3) is 4.34. The van der Waals surface area contributed by atoms with Crippen molar-refractivity contribution >= 4 is 17.3 Å². The van der Waals surface area contributed by atoms with Crippen LogP contribution in [0.5, 0.6) is 0 Å². The van der Waals surface area contributed by atoms with Gasteiger partial charge in [-0.1, -0.05) is 6.07 Å². The number of anilines is 2. The monoisotopic (exact) mass is 288 g/mol. The van der Waals surface area contributed by atoms with Gasteiger partial charge in [-0.25, -0.2) is 0 Å². The summed E-state index contributed by atoms with van der Waals surface area (Å²) in [4.78, 5) is 34.3. The zero-order valence-electron chi connectivity index (χ0n) is 11.3. The summed E-state index contributed by atoms with van der Waals surface area (Å²) < 4.78 is 1.19. The van der Waals surface area contributed by atoms with Gasteiger partial charge in [0.15, 0.2) is 0 Å². The first-order chi connectivity index (χ1) is 10.0. The second kappa shape index (κ2) is 6.56. The minimum atomic E-state index is -0.348. The number of aryl methyl sites for hydroxylation is 1. The van der Waals surface area contributed by atoms with Crippen LogP contribution in [0.15, 0.2) is 46.0 Å². The average molecular weight is 288 g/mol. The van der Waals surface area contributed by atoms with Crippen molar-refractivity contribution in [3.63, 3.8) is 0 Å². The highest BCUT2D eigenvalue weighted by molar-refractivity contribution is 5.91. The van der Waals surface area contributed by atoms with Gasteiger partial charge < -0.3 is 11.1 Å². The number of nitrogen functional groups attached to an aromatic ring is 1. The topological polar surface area (TPSA) is 110 Å². The second-order valence-electron chi connectivity index (χ2n) is 4.58. The molecule has 7 nitrogen and oxygen atoms in total. The van der Waals surface area contributed by atoms with Gasteiger partial charge in [-0.2, -0.15) is 0 Å². The summed E-state index contributed by atoms with van der Waals surface area (Å²) in [6.45, 7) is 0.277. The molecule has 0 radical (unpaired) electrons. The summed E-state index contributed by atoms with van der Waals surface area (Å²) >= 11 is 0. The van der Waals surface area contributed by atoms with Gasteiger partial charge in [-0.3, -0.25) is 24.2 Å². The first kappa shape index (κ1) is 14.6. The lowest BCUT2D eigenvalue weighted by atomic mass is 10.2. The van der Waals surface area contributed by atoms with E-state index in [1.807, 2.05) is 0 Å². The Morgan fingerprint density at radius 3 is 2.81 bits per heavy atom. The van der Waals surface area contributed by atoms with Gasteiger partial charge in [0, 0.05) is 36.5 Å². The molecule has 2 rings (SSSR count). The molecular formula is C14H16N4O3. The van der Waals surface area contributed by atoms with Crippen LogP contribution in [0.1, 0.15) is 12.8 Å². The van der Waals surface area contributed by atoms with Crippen molar-refractivity contribution in [2.45, 2.75) is 19.4 Å². The molecule has 7 heteroatoms. The number of carbonyl (C=O) groups is 1. The first-order valence-corrected chi connectivity index (χ1v) is 6.50. The van der Waals surface area contributed by atoms with Gasteiger partial charge in [0.2, 0.25) is 5.91 Å². The second-order valence-corrected chi connectivity index (χ2v) is 4.58. The number of H-pyrrole nitrogens is 1. The molecule has 0 saturated carbocycles. The Labute approximate surface area is 120 Å². The van der Waals surface area contributed by atoms with E-state index in [1.165, 1.54) is 16.8 Å². The van der Waals surface area contributed by atoms with Crippen molar-refractivity contribution in [3.05, 3.63) is 57.1 Å². The van der Waals surface area contributed by atoms with Gasteiger partial charge in [-0.15, -0.1) is 0 Å². The summed E-state index contributed by atoms with van der Waals surface area (Å²) in [5, 5.41) is 5.12. The van der Waals surface area contributed by atoms with E-state index in [0.717, 1.165) is 0 Å². The molecule has 0 unspecified atom stereocenters. The molecule has 1 aromatic carbocycles. The lowest BCUT2D eigenvalue weighted by Crippen LogP contribution is -2.28. The summed E-state index contributed by atoms with van der Waals surface area (Å²) in [7, 11) is 0. The number of benzene rings is 1. The van der Waals surface area contributed by atoms with Gasteiger partial charge in [0.1, 0.15) is 0 Å². The first-order valence-electron chi connectivity index (χ1n) is 6.50. The maximum absolute atomic E-state index is 11.8. The SMILES string of the molecule is Nc1cccc(NC(=O)CCCn2[nH]c(=O)ccc2=O)c1. The molecule has 0 saturated heterocycles. The van der Waals surface area contributed by atoms with E-state index < -0.39 is 0 Å². The summed E-state index contributed by atoms with van der Waals surface area (Å²) in [5.74, 6) is -0.174. The summed E-state index contributed by atoms with van der Waals surface area (Å²) in [6.07, 6.45) is 0.673. The molecule has 110 valence electrons. The number of aromatic amines is 1. The molecule has 1 aromatic heterocycles. The van der Waals surface area contributed by atoms with Gasteiger partial charge in [0.05, 0.1) is 0 Å². The highest BCUT2D eigenvalue weighted by Crippen LogP contribution is 2.12. The zero-order valence-corrected chi connectivity index (χ0v) is 11.3. The van der Waals surface area contributed by atoms with Crippen LogP contribution in [0.4, 0.5) is 11.4 Å². The largest absolute Gasteiger partial charge is 0.399 e. The van der Waals surface area contributed by atoms with Crippen LogP contribution in [0.3, 0.4) is 0 Å². The molecular weight excluding hydrogens is 272 g/mol. The third-order valence-corrected chi connectivity index (χ3v) is 2.84. The minimum absolute atomic E-state index is 0.174. The molecule has 1 heterocycles. The Morgan fingerprint density at radius 1 is 1.24 bits per heavy atom. The maximum Gasteiger partial charge on any atom is 0.265 e. The molecule has 21 heavy (non-hydrogen) atoms.